The van der Waals surface area contributed by atoms with E-state index in [1.165, 1.54) is 4.90 Å². The molecule has 27 heavy (non-hydrogen) atoms. The third-order valence-electron chi connectivity index (χ3n) is 6.42. The summed E-state index contributed by atoms with van der Waals surface area (Å²) in [7, 11) is 3.32. The summed E-state index contributed by atoms with van der Waals surface area (Å²) >= 11 is 0. The first-order chi connectivity index (χ1) is 13.1. The Morgan fingerprint density at radius 2 is 1.67 bits per heavy atom. The number of carbonyl (C=O) groups excluding carboxylic acids is 2. The largest absolute Gasteiger partial charge is 0.497 e. The SMILES string of the molecule is COc1ccc(OC)c([C@@H]2CCCN2CN2C(=O)[C@H]3CCCC[C@H]3C2=O)c1. The van der Waals surface area contributed by atoms with Crippen LogP contribution in [0.25, 0.3) is 0 Å². The minimum Gasteiger partial charge on any atom is -0.497 e. The van der Waals surface area contributed by atoms with Gasteiger partial charge in [-0.25, -0.2) is 0 Å². The van der Waals surface area contributed by atoms with Crippen LogP contribution in [0.1, 0.15) is 50.1 Å². The molecule has 0 aromatic heterocycles. The molecule has 3 atom stereocenters. The number of fused-ring (bicyclic) bond motifs is 1. The van der Waals surface area contributed by atoms with Crippen LogP contribution in [0.4, 0.5) is 0 Å². The summed E-state index contributed by atoms with van der Waals surface area (Å²) in [5.74, 6) is 1.51. The van der Waals surface area contributed by atoms with E-state index in [-0.39, 0.29) is 29.7 Å². The molecule has 1 saturated carbocycles. The zero-order chi connectivity index (χ0) is 19.0. The first-order valence-electron chi connectivity index (χ1n) is 9.95. The van der Waals surface area contributed by atoms with Crippen molar-refractivity contribution in [2.45, 2.75) is 44.6 Å². The van der Waals surface area contributed by atoms with Crippen molar-refractivity contribution in [3.8, 4) is 11.5 Å². The number of hydrogen-bond donors (Lipinski definition) is 0. The normalized spacial score (nSPS) is 28.5. The molecule has 4 rings (SSSR count). The third kappa shape index (κ3) is 3.20. The first-order valence-corrected chi connectivity index (χ1v) is 9.95. The Morgan fingerprint density at radius 1 is 0.963 bits per heavy atom. The highest BCUT2D eigenvalue weighted by atomic mass is 16.5. The highest BCUT2D eigenvalue weighted by Crippen LogP contribution is 2.41. The average Bonchev–Trinajstić information content (AvgIpc) is 3.26. The van der Waals surface area contributed by atoms with Gasteiger partial charge in [-0.3, -0.25) is 19.4 Å². The summed E-state index contributed by atoms with van der Waals surface area (Å²) in [6.07, 6.45) is 5.85. The van der Waals surface area contributed by atoms with Crippen LogP contribution in [0.2, 0.25) is 0 Å². The number of rotatable bonds is 5. The second kappa shape index (κ2) is 7.50. The molecule has 2 heterocycles. The molecule has 0 spiro atoms. The monoisotopic (exact) mass is 372 g/mol. The quantitative estimate of drug-likeness (QED) is 0.744. The molecule has 6 nitrogen and oxygen atoms in total. The lowest BCUT2D eigenvalue weighted by atomic mass is 9.81. The highest BCUT2D eigenvalue weighted by molar-refractivity contribution is 6.05. The molecule has 0 radical (unpaired) electrons. The van der Waals surface area contributed by atoms with Gasteiger partial charge in [-0.05, 0) is 43.9 Å². The van der Waals surface area contributed by atoms with E-state index in [1.807, 2.05) is 18.2 Å². The van der Waals surface area contributed by atoms with Gasteiger partial charge in [0.1, 0.15) is 11.5 Å². The van der Waals surface area contributed by atoms with E-state index >= 15 is 0 Å². The van der Waals surface area contributed by atoms with E-state index in [0.717, 1.165) is 62.1 Å². The van der Waals surface area contributed by atoms with Crippen LogP contribution in [-0.2, 0) is 9.59 Å². The van der Waals surface area contributed by atoms with Crippen molar-refractivity contribution in [1.29, 1.82) is 0 Å². The maximum absolute atomic E-state index is 12.8. The molecular formula is C21H28N2O4. The van der Waals surface area contributed by atoms with Gasteiger partial charge in [-0.1, -0.05) is 12.8 Å². The zero-order valence-corrected chi connectivity index (χ0v) is 16.1. The number of benzene rings is 1. The van der Waals surface area contributed by atoms with Gasteiger partial charge in [0, 0.05) is 18.2 Å². The number of methoxy groups -OCH3 is 2. The fourth-order valence-corrected chi connectivity index (χ4v) is 5.00. The molecule has 0 N–H and O–H groups in total. The van der Waals surface area contributed by atoms with Crippen molar-refractivity contribution in [2.24, 2.45) is 11.8 Å². The lowest BCUT2D eigenvalue weighted by molar-refractivity contribution is -0.142. The number of amides is 2. The van der Waals surface area contributed by atoms with Crippen LogP contribution in [0.3, 0.4) is 0 Å². The van der Waals surface area contributed by atoms with Gasteiger partial charge in [0.25, 0.3) is 0 Å². The lowest BCUT2D eigenvalue weighted by Gasteiger charge is -2.29. The Bertz CT molecular complexity index is 711. The molecule has 3 fully saturated rings. The molecule has 1 aromatic rings. The minimum absolute atomic E-state index is 0.0351. The van der Waals surface area contributed by atoms with E-state index in [2.05, 4.69) is 4.90 Å². The van der Waals surface area contributed by atoms with Crippen LogP contribution in [0.5, 0.6) is 11.5 Å². The Balaban J connectivity index is 1.56. The Kier molecular flexibility index (Phi) is 5.08. The lowest BCUT2D eigenvalue weighted by Crippen LogP contribution is -2.41. The second-order valence-corrected chi connectivity index (χ2v) is 7.82. The topological polar surface area (TPSA) is 59.1 Å². The van der Waals surface area contributed by atoms with Crippen LogP contribution in [-0.4, -0.2) is 49.0 Å². The summed E-state index contributed by atoms with van der Waals surface area (Å²) in [6, 6.07) is 5.94. The molecule has 2 amide bonds. The van der Waals surface area contributed by atoms with E-state index < -0.39 is 0 Å². The second-order valence-electron chi connectivity index (χ2n) is 7.82. The molecule has 3 aliphatic rings. The summed E-state index contributed by atoms with van der Waals surface area (Å²) in [5.41, 5.74) is 1.06. The maximum Gasteiger partial charge on any atom is 0.234 e. The van der Waals surface area contributed by atoms with E-state index in [9.17, 15) is 9.59 Å². The Morgan fingerprint density at radius 3 is 2.30 bits per heavy atom. The molecular weight excluding hydrogens is 344 g/mol. The van der Waals surface area contributed by atoms with Crippen LogP contribution < -0.4 is 9.47 Å². The summed E-state index contributed by atoms with van der Waals surface area (Å²) in [4.78, 5) is 29.4. The number of nitrogens with zero attached hydrogens (tertiary/aromatic N) is 2. The number of carbonyl (C=O) groups is 2. The van der Waals surface area contributed by atoms with Crippen molar-refractivity contribution >= 4 is 11.8 Å². The van der Waals surface area contributed by atoms with Gasteiger partial charge in [0.05, 0.1) is 32.7 Å². The van der Waals surface area contributed by atoms with Gasteiger partial charge in [-0.15, -0.1) is 0 Å². The molecule has 0 bridgehead atoms. The number of imide groups is 1. The van der Waals surface area contributed by atoms with Crippen molar-refractivity contribution in [1.82, 2.24) is 9.80 Å². The Hall–Kier alpha value is -2.08. The van der Waals surface area contributed by atoms with Crippen molar-refractivity contribution in [3.05, 3.63) is 23.8 Å². The van der Waals surface area contributed by atoms with E-state index in [4.69, 9.17) is 9.47 Å². The molecule has 1 aliphatic carbocycles. The van der Waals surface area contributed by atoms with Crippen LogP contribution >= 0.6 is 0 Å². The van der Waals surface area contributed by atoms with Crippen molar-refractivity contribution in [3.63, 3.8) is 0 Å². The van der Waals surface area contributed by atoms with Gasteiger partial charge < -0.3 is 9.47 Å². The van der Waals surface area contributed by atoms with Crippen LogP contribution in [0, 0.1) is 11.8 Å². The molecule has 0 unspecified atom stereocenters. The first kappa shape index (κ1) is 18.3. The standard InChI is InChI=1S/C21H28N2O4/c1-26-14-9-10-19(27-2)17(12-14)18-8-5-11-22(18)13-23-20(24)15-6-3-4-7-16(15)21(23)25/h9-10,12,15-16,18H,3-8,11,13H2,1-2H3/t15-,16+,18-/m0/s1. The van der Waals surface area contributed by atoms with Gasteiger partial charge in [0.2, 0.25) is 11.8 Å². The fraction of sp³-hybridized carbons (Fsp3) is 0.619. The van der Waals surface area contributed by atoms with Crippen molar-refractivity contribution < 1.29 is 19.1 Å². The maximum atomic E-state index is 12.8. The minimum atomic E-state index is -0.0846. The van der Waals surface area contributed by atoms with Crippen molar-refractivity contribution in [2.75, 3.05) is 27.4 Å². The molecule has 2 aliphatic heterocycles. The molecule has 2 saturated heterocycles. The van der Waals surface area contributed by atoms with E-state index in [0.29, 0.717) is 6.67 Å². The summed E-state index contributed by atoms with van der Waals surface area (Å²) in [5, 5.41) is 0. The summed E-state index contributed by atoms with van der Waals surface area (Å²) in [6.45, 7) is 1.26. The molecule has 6 heteroatoms. The van der Waals surface area contributed by atoms with Crippen LogP contribution in [0.15, 0.2) is 18.2 Å². The van der Waals surface area contributed by atoms with Gasteiger partial charge >= 0.3 is 0 Å². The smallest absolute Gasteiger partial charge is 0.234 e. The zero-order valence-electron chi connectivity index (χ0n) is 16.1. The summed E-state index contributed by atoms with van der Waals surface area (Å²) < 4.78 is 11.0. The number of likely N-dealkylation sites (tertiary alicyclic amines) is 2. The van der Waals surface area contributed by atoms with Gasteiger partial charge in [0.15, 0.2) is 0 Å². The number of hydrogen-bond acceptors (Lipinski definition) is 5. The highest BCUT2D eigenvalue weighted by Gasteiger charge is 2.49. The van der Waals surface area contributed by atoms with E-state index in [1.54, 1.807) is 14.2 Å². The average molecular weight is 372 g/mol. The molecule has 1 aromatic carbocycles. The predicted octanol–water partition coefficient (Wildman–Crippen LogP) is 2.97. The molecule has 146 valence electrons. The predicted molar refractivity (Wildman–Crippen MR) is 100 cm³/mol. The Labute approximate surface area is 160 Å². The third-order valence-corrected chi connectivity index (χ3v) is 6.42. The van der Waals surface area contributed by atoms with Gasteiger partial charge in [-0.2, -0.15) is 0 Å². The fourth-order valence-electron chi connectivity index (χ4n) is 5.00. The number of ether oxygens (including phenoxy) is 2.